The van der Waals surface area contributed by atoms with Gasteiger partial charge in [0.25, 0.3) is 0 Å². The number of aromatic nitrogens is 1. The first-order valence-electron chi connectivity index (χ1n) is 7.17. The van der Waals surface area contributed by atoms with E-state index in [0.29, 0.717) is 6.61 Å². The maximum Gasteiger partial charge on any atom is 0.161 e. The van der Waals surface area contributed by atoms with Crippen LogP contribution in [-0.4, -0.2) is 18.1 Å². The van der Waals surface area contributed by atoms with E-state index in [4.69, 9.17) is 15.2 Å². The third-order valence-corrected chi connectivity index (χ3v) is 3.37. The zero-order chi connectivity index (χ0) is 15.1. The second-order valence-electron chi connectivity index (χ2n) is 5.01. The highest BCUT2D eigenvalue weighted by molar-refractivity contribution is 5.43. The predicted octanol–water partition coefficient (Wildman–Crippen LogP) is 2.95. The van der Waals surface area contributed by atoms with Crippen LogP contribution in [-0.2, 0) is 13.0 Å². The first-order chi connectivity index (χ1) is 10.2. The number of benzene rings is 1. The largest absolute Gasteiger partial charge is 0.493 e. The summed E-state index contributed by atoms with van der Waals surface area (Å²) in [5.74, 6) is 1.47. The summed E-state index contributed by atoms with van der Waals surface area (Å²) < 4.78 is 11.2. The highest BCUT2D eigenvalue weighted by Gasteiger charge is 2.08. The Kier molecular flexibility index (Phi) is 5.58. The van der Waals surface area contributed by atoms with E-state index in [1.807, 2.05) is 30.3 Å². The number of rotatable bonds is 7. The summed E-state index contributed by atoms with van der Waals surface area (Å²) >= 11 is 0. The van der Waals surface area contributed by atoms with Crippen LogP contribution in [0.15, 0.2) is 42.7 Å². The number of nitrogens with zero attached hydrogens (tertiary/aromatic N) is 1. The van der Waals surface area contributed by atoms with Crippen LogP contribution in [0.4, 0.5) is 0 Å². The molecule has 112 valence electrons. The minimum atomic E-state index is 0.178. The molecule has 1 heterocycles. The number of nitrogens with two attached hydrogens (primary N) is 1. The smallest absolute Gasteiger partial charge is 0.161 e. The van der Waals surface area contributed by atoms with E-state index in [0.717, 1.165) is 35.5 Å². The van der Waals surface area contributed by atoms with Gasteiger partial charge in [0.05, 0.1) is 7.11 Å². The first-order valence-corrected chi connectivity index (χ1v) is 7.17. The van der Waals surface area contributed by atoms with Crippen molar-refractivity contribution in [1.82, 2.24) is 4.98 Å². The topological polar surface area (TPSA) is 57.4 Å². The molecule has 0 radical (unpaired) electrons. The van der Waals surface area contributed by atoms with Gasteiger partial charge in [-0.25, -0.2) is 0 Å². The number of methoxy groups -OCH3 is 1. The fourth-order valence-electron chi connectivity index (χ4n) is 2.05. The summed E-state index contributed by atoms with van der Waals surface area (Å²) in [5.41, 5.74) is 8.18. The fourth-order valence-corrected chi connectivity index (χ4v) is 2.05. The fraction of sp³-hybridized carbons (Fsp3) is 0.353. The molecule has 2 rings (SSSR count). The highest BCUT2D eigenvalue weighted by atomic mass is 16.5. The number of ether oxygens (including phenoxy) is 2. The van der Waals surface area contributed by atoms with Gasteiger partial charge in [-0.15, -0.1) is 0 Å². The lowest BCUT2D eigenvalue weighted by molar-refractivity contribution is 0.284. The van der Waals surface area contributed by atoms with Gasteiger partial charge in [-0.2, -0.15) is 0 Å². The van der Waals surface area contributed by atoms with Gasteiger partial charge >= 0.3 is 0 Å². The Morgan fingerprint density at radius 1 is 1.19 bits per heavy atom. The standard InChI is InChI=1S/C17H22N2O2/c1-3-15(18)9-13-6-7-16(17(10-13)20-2)21-12-14-5-4-8-19-11-14/h4-8,10-11,15H,3,9,12,18H2,1-2H3. The molecule has 4 nitrogen and oxygen atoms in total. The van der Waals surface area contributed by atoms with Crippen molar-refractivity contribution in [2.24, 2.45) is 5.73 Å². The molecular weight excluding hydrogens is 264 g/mol. The van der Waals surface area contributed by atoms with Crippen LogP contribution >= 0.6 is 0 Å². The molecule has 0 spiro atoms. The Hall–Kier alpha value is -2.07. The van der Waals surface area contributed by atoms with E-state index in [2.05, 4.69) is 11.9 Å². The molecule has 4 heteroatoms. The Balaban J connectivity index is 2.05. The molecule has 0 saturated carbocycles. The van der Waals surface area contributed by atoms with E-state index in [1.165, 1.54) is 0 Å². The van der Waals surface area contributed by atoms with Crippen LogP contribution in [0.25, 0.3) is 0 Å². The van der Waals surface area contributed by atoms with Gasteiger partial charge in [0, 0.05) is 24.0 Å². The molecule has 0 aliphatic heterocycles. The van der Waals surface area contributed by atoms with Crippen LogP contribution in [0.1, 0.15) is 24.5 Å². The van der Waals surface area contributed by atoms with E-state index in [1.54, 1.807) is 19.5 Å². The zero-order valence-electron chi connectivity index (χ0n) is 12.6. The van der Waals surface area contributed by atoms with Gasteiger partial charge < -0.3 is 15.2 Å². The monoisotopic (exact) mass is 286 g/mol. The maximum absolute atomic E-state index is 5.99. The number of hydrogen-bond donors (Lipinski definition) is 1. The normalized spacial score (nSPS) is 12.0. The van der Waals surface area contributed by atoms with Crippen LogP contribution in [0.2, 0.25) is 0 Å². The van der Waals surface area contributed by atoms with Gasteiger partial charge in [-0.05, 0) is 36.6 Å². The lowest BCUT2D eigenvalue weighted by atomic mass is 10.0. The van der Waals surface area contributed by atoms with Crippen molar-refractivity contribution in [1.29, 1.82) is 0 Å². The van der Waals surface area contributed by atoms with E-state index in [9.17, 15) is 0 Å². The zero-order valence-corrected chi connectivity index (χ0v) is 12.6. The van der Waals surface area contributed by atoms with Crippen molar-refractivity contribution in [2.75, 3.05) is 7.11 Å². The Labute approximate surface area is 125 Å². The maximum atomic E-state index is 5.99. The molecule has 1 unspecified atom stereocenters. The second kappa shape index (κ2) is 7.64. The van der Waals surface area contributed by atoms with Crippen molar-refractivity contribution in [3.63, 3.8) is 0 Å². The molecule has 0 fully saturated rings. The molecule has 2 aromatic rings. The lowest BCUT2D eigenvalue weighted by Crippen LogP contribution is -2.21. The molecule has 2 N–H and O–H groups in total. The molecule has 0 saturated heterocycles. The third kappa shape index (κ3) is 4.46. The van der Waals surface area contributed by atoms with Crippen molar-refractivity contribution >= 4 is 0 Å². The summed E-state index contributed by atoms with van der Waals surface area (Å²) in [7, 11) is 1.65. The summed E-state index contributed by atoms with van der Waals surface area (Å²) in [6.45, 7) is 2.56. The van der Waals surface area contributed by atoms with Crippen LogP contribution < -0.4 is 15.2 Å². The van der Waals surface area contributed by atoms with Crippen LogP contribution in [0.3, 0.4) is 0 Å². The molecule has 0 bridgehead atoms. The Morgan fingerprint density at radius 2 is 2.05 bits per heavy atom. The second-order valence-corrected chi connectivity index (χ2v) is 5.01. The average molecular weight is 286 g/mol. The summed E-state index contributed by atoms with van der Waals surface area (Å²) in [6.07, 6.45) is 5.34. The predicted molar refractivity (Wildman–Crippen MR) is 83.5 cm³/mol. The summed E-state index contributed by atoms with van der Waals surface area (Å²) in [5, 5.41) is 0. The quantitative estimate of drug-likeness (QED) is 0.850. The highest BCUT2D eigenvalue weighted by Crippen LogP contribution is 2.29. The van der Waals surface area contributed by atoms with Crippen molar-refractivity contribution in [2.45, 2.75) is 32.4 Å². The van der Waals surface area contributed by atoms with E-state index in [-0.39, 0.29) is 6.04 Å². The first kappa shape index (κ1) is 15.3. The number of pyridine rings is 1. The van der Waals surface area contributed by atoms with Gasteiger partial charge in [0.2, 0.25) is 0 Å². The Morgan fingerprint density at radius 3 is 2.71 bits per heavy atom. The SMILES string of the molecule is CCC(N)Cc1ccc(OCc2cccnc2)c(OC)c1. The van der Waals surface area contributed by atoms with Gasteiger partial charge in [0.15, 0.2) is 11.5 Å². The molecule has 0 amide bonds. The lowest BCUT2D eigenvalue weighted by Gasteiger charge is -2.14. The molecule has 1 atom stereocenters. The minimum Gasteiger partial charge on any atom is -0.493 e. The molecule has 0 aliphatic carbocycles. The molecule has 21 heavy (non-hydrogen) atoms. The summed E-state index contributed by atoms with van der Waals surface area (Å²) in [6, 6.07) is 10.0. The third-order valence-electron chi connectivity index (χ3n) is 3.37. The molecular formula is C17H22N2O2. The molecule has 1 aromatic heterocycles. The molecule has 0 aliphatic rings. The number of hydrogen-bond acceptors (Lipinski definition) is 4. The van der Waals surface area contributed by atoms with Gasteiger partial charge in [0.1, 0.15) is 6.61 Å². The van der Waals surface area contributed by atoms with Crippen molar-refractivity contribution in [3.8, 4) is 11.5 Å². The van der Waals surface area contributed by atoms with Crippen molar-refractivity contribution < 1.29 is 9.47 Å². The average Bonchev–Trinajstić information content (AvgIpc) is 2.54. The van der Waals surface area contributed by atoms with Gasteiger partial charge in [-0.3, -0.25) is 4.98 Å². The van der Waals surface area contributed by atoms with Crippen LogP contribution in [0, 0.1) is 0 Å². The minimum absolute atomic E-state index is 0.178. The van der Waals surface area contributed by atoms with E-state index >= 15 is 0 Å². The van der Waals surface area contributed by atoms with Crippen LogP contribution in [0.5, 0.6) is 11.5 Å². The van der Waals surface area contributed by atoms with Gasteiger partial charge in [-0.1, -0.05) is 19.1 Å². The van der Waals surface area contributed by atoms with E-state index < -0.39 is 0 Å². The Bertz CT molecular complexity index is 558. The summed E-state index contributed by atoms with van der Waals surface area (Å²) in [4.78, 5) is 4.07. The molecule has 1 aromatic carbocycles. The van der Waals surface area contributed by atoms with Crippen molar-refractivity contribution in [3.05, 3.63) is 53.9 Å².